The van der Waals surface area contributed by atoms with E-state index < -0.39 is 5.97 Å². The van der Waals surface area contributed by atoms with E-state index >= 15 is 0 Å². The number of piperidine rings is 1. The summed E-state index contributed by atoms with van der Waals surface area (Å²) in [6.45, 7) is 1.04. The van der Waals surface area contributed by atoms with Crippen LogP contribution in [0, 0.1) is 5.92 Å². The van der Waals surface area contributed by atoms with Crippen molar-refractivity contribution in [2.45, 2.75) is 38.1 Å². The molecule has 4 heteroatoms. The number of carbonyl (C=O) groups is 1. The van der Waals surface area contributed by atoms with Gasteiger partial charge in [-0.2, -0.15) is 0 Å². The van der Waals surface area contributed by atoms with Crippen LogP contribution in [-0.4, -0.2) is 23.7 Å². The Morgan fingerprint density at radius 1 is 1.29 bits per heavy atom. The molecule has 2 aliphatic rings. The van der Waals surface area contributed by atoms with Crippen LogP contribution in [0.15, 0.2) is 24.3 Å². The van der Waals surface area contributed by atoms with E-state index in [-0.39, 0.29) is 0 Å². The Kier molecular flexibility index (Phi) is 4.20. The first-order valence-electron chi connectivity index (χ1n) is 7.62. The highest BCUT2D eigenvalue weighted by molar-refractivity contribution is 6.31. The number of aliphatic carboxylic acids is 1. The summed E-state index contributed by atoms with van der Waals surface area (Å²) in [5.41, 5.74) is 2.02. The van der Waals surface area contributed by atoms with Crippen LogP contribution in [0.3, 0.4) is 0 Å². The molecule has 0 radical (unpaired) electrons. The Morgan fingerprint density at radius 2 is 2.10 bits per heavy atom. The SMILES string of the molecule is O=C(O)/C=C/c1ccc(Cl)cc1N1CCCC2CCCC21. The summed E-state index contributed by atoms with van der Waals surface area (Å²) in [5, 5.41) is 9.56. The van der Waals surface area contributed by atoms with E-state index in [1.54, 1.807) is 6.08 Å². The maximum Gasteiger partial charge on any atom is 0.328 e. The molecule has 1 N–H and O–H groups in total. The van der Waals surface area contributed by atoms with E-state index in [9.17, 15) is 4.79 Å². The monoisotopic (exact) mass is 305 g/mol. The van der Waals surface area contributed by atoms with Gasteiger partial charge >= 0.3 is 5.97 Å². The number of anilines is 1. The zero-order valence-corrected chi connectivity index (χ0v) is 12.7. The molecule has 1 saturated carbocycles. The molecular weight excluding hydrogens is 286 g/mol. The summed E-state index contributed by atoms with van der Waals surface area (Å²) in [6.07, 6.45) is 9.25. The number of carboxylic acid groups (broad SMARTS) is 1. The van der Waals surface area contributed by atoms with Gasteiger partial charge in [0.25, 0.3) is 0 Å². The van der Waals surface area contributed by atoms with Crippen molar-refractivity contribution in [3.05, 3.63) is 34.9 Å². The van der Waals surface area contributed by atoms with Crippen LogP contribution in [0.25, 0.3) is 6.08 Å². The zero-order chi connectivity index (χ0) is 14.8. The van der Waals surface area contributed by atoms with E-state index in [1.807, 2.05) is 18.2 Å². The summed E-state index contributed by atoms with van der Waals surface area (Å²) in [6, 6.07) is 6.30. The lowest BCUT2D eigenvalue weighted by Gasteiger charge is -2.40. The number of rotatable bonds is 3. The number of benzene rings is 1. The van der Waals surface area contributed by atoms with Gasteiger partial charge in [-0.25, -0.2) is 4.79 Å². The molecule has 1 aromatic rings. The highest BCUT2D eigenvalue weighted by Gasteiger charge is 2.35. The Balaban J connectivity index is 1.95. The predicted octanol–water partition coefficient (Wildman–Crippen LogP) is 4.21. The minimum absolute atomic E-state index is 0.592. The summed E-state index contributed by atoms with van der Waals surface area (Å²) in [7, 11) is 0. The van der Waals surface area contributed by atoms with Gasteiger partial charge in [0, 0.05) is 29.4 Å². The third-order valence-electron chi connectivity index (χ3n) is 4.70. The number of nitrogens with zero attached hydrogens (tertiary/aromatic N) is 1. The van der Waals surface area contributed by atoms with Gasteiger partial charge in [-0.3, -0.25) is 0 Å². The van der Waals surface area contributed by atoms with Crippen molar-refractivity contribution in [3.8, 4) is 0 Å². The first-order chi connectivity index (χ1) is 10.1. The fraction of sp³-hybridized carbons (Fsp3) is 0.471. The second-order valence-electron chi connectivity index (χ2n) is 5.97. The minimum Gasteiger partial charge on any atom is -0.478 e. The molecule has 21 heavy (non-hydrogen) atoms. The van der Waals surface area contributed by atoms with Gasteiger partial charge in [0.15, 0.2) is 0 Å². The number of hydrogen-bond acceptors (Lipinski definition) is 2. The van der Waals surface area contributed by atoms with E-state index in [4.69, 9.17) is 16.7 Å². The predicted molar refractivity (Wildman–Crippen MR) is 85.8 cm³/mol. The molecule has 3 nitrogen and oxygen atoms in total. The van der Waals surface area contributed by atoms with Crippen LogP contribution >= 0.6 is 11.6 Å². The van der Waals surface area contributed by atoms with Gasteiger partial charge in [-0.15, -0.1) is 0 Å². The molecule has 2 unspecified atom stereocenters. The lowest BCUT2D eigenvalue weighted by atomic mass is 9.91. The average molecular weight is 306 g/mol. The van der Waals surface area contributed by atoms with Gasteiger partial charge in [0.1, 0.15) is 0 Å². The van der Waals surface area contributed by atoms with Crippen LogP contribution in [0.2, 0.25) is 5.02 Å². The summed E-state index contributed by atoms with van der Waals surface area (Å²) < 4.78 is 0. The molecule has 0 aromatic heterocycles. The van der Waals surface area contributed by atoms with Crippen LogP contribution in [0.5, 0.6) is 0 Å². The molecule has 2 atom stereocenters. The van der Waals surface area contributed by atoms with Crippen molar-refractivity contribution in [1.29, 1.82) is 0 Å². The fourth-order valence-corrected chi connectivity index (χ4v) is 3.99. The fourth-order valence-electron chi connectivity index (χ4n) is 3.82. The van der Waals surface area contributed by atoms with E-state index in [1.165, 1.54) is 38.2 Å². The van der Waals surface area contributed by atoms with Gasteiger partial charge < -0.3 is 10.0 Å². The Hall–Kier alpha value is -1.48. The molecule has 0 bridgehead atoms. The third kappa shape index (κ3) is 3.08. The number of hydrogen-bond donors (Lipinski definition) is 1. The van der Waals surface area contributed by atoms with Crippen molar-refractivity contribution in [3.63, 3.8) is 0 Å². The quantitative estimate of drug-likeness (QED) is 0.851. The maximum absolute atomic E-state index is 10.8. The average Bonchev–Trinajstić information content (AvgIpc) is 2.94. The Bertz CT molecular complexity index is 570. The maximum atomic E-state index is 10.8. The van der Waals surface area contributed by atoms with Gasteiger partial charge in [-0.05, 0) is 55.4 Å². The molecule has 1 heterocycles. The number of halogens is 1. The van der Waals surface area contributed by atoms with Gasteiger partial charge in [0.05, 0.1) is 0 Å². The highest BCUT2D eigenvalue weighted by atomic mass is 35.5. The third-order valence-corrected chi connectivity index (χ3v) is 4.94. The molecule has 3 rings (SSSR count). The first-order valence-corrected chi connectivity index (χ1v) is 8.00. The van der Waals surface area contributed by atoms with Crippen LogP contribution in [0.1, 0.15) is 37.7 Å². The molecule has 1 aliphatic carbocycles. The molecule has 112 valence electrons. The minimum atomic E-state index is -0.923. The van der Waals surface area contributed by atoms with E-state index in [0.29, 0.717) is 11.1 Å². The standard InChI is InChI=1S/C17H20ClNO2/c18-14-8-6-13(7-9-17(20)21)16(11-14)19-10-2-4-12-3-1-5-15(12)19/h6-9,11-12,15H,1-5,10H2,(H,20,21)/b9-7+. The lowest BCUT2D eigenvalue weighted by molar-refractivity contribution is -0.131. The number of carboxylic acids is 1. The Morgan fingerprint density at radius 3 is 2.90 bits per heavy atom. The van der Waals surface area contributed by atoms with Crippen molar-refractivity contribution in [1.82, 2.24) is 0 Å². The van der Waals surface area contributed by atoms with E-state index in [0.717, 1.165) is 23.7 Å². The van der Waals surface area contributed by atoms with Crippen LogP contribution in [-0.2, 0) is 4.79 Å². The molecular formula is C17H20ClNO2. The second-order valence-corrected chi connectivity index (χ2v) is 6.41. The van der Waals surface area contributed by atoms with Crippen LogP contribution in [0.4, 0.5) is 5.69 Å². The first kappa shape index (κ1) is 14.5. The molecule has 0 spiro atoms. The normalized spacial score (nSPS) is 25.3. The highest BCUT2D eigenvalue weighted by Crippen LogP contribution is 2.40. The zero-order valence-electron chi connectivity index (χ0n) is 12.0. The van der Waals surface area contributed by atoms with Crippen molar-refractivity contribution >= 4 is 29.3 Å². The van der Waals surface area contributed by atoms with Crippen LogP contribution < -0.4 is 4.90 Å². The molecule has 1 saturated heterocycles. The van der Waals surface area contributed by atoms with Gasteiger partial charge in [0.2, 0.25) is 0 Å². The van der Waals surface area contributed by atoms with Crippen molar-refractivity contribution in [2.75, 3.05) is 11.4 Å². The van der Waals surface area contributed by atoms with Gasteiger partial charge in [-0.1, -0.05) is 24.1 Å². The topological polar surface area (TPSA) is 40.5 Å². The smallest absolute Gasteiger partial charge is 0.328 e. The largest absolute Gasteiger partial charge is 0.478 e. The molecule has 2 fully saturated rings. The summed E-state index contributed by atoms with van der Waals surface area (Å²) in [5.74, 6) is -0.137. The van der Waals surface area contributed by atoms with Crippen molar-refractivity contribution < 1.29 is 9.90 Å². The van der Waals surface area contributed by atoms with E-state index in [2.05, 4.69) is 4.90 Å². The second kappa shape index (κ2) is 6.10. The Labute approximate surface area is 130 Å². The number of fused-ring (bicyclic) bond motifs is 1. The van der Waals surface area contributed by atoms with Crippen molar-refractivity contribution in [2.24, 2.45) is 5.92 Å². The lowest BCUT2D eigenvalue weighted by Crippen LogP contribution is -2.43. The molecule has 0 amide bonds. The summed E-state index contributed by atoms with van der Waals surface area (Å²) in [4.78, 5) is 13.2. The summed E-state index contributed by atoms with van der Waals surface area (Å²) >= 11 is 6.17. The molecule has 1 aromatic carbocycles. The molecule has 1 aliphatic heterocycles.